The van der Waals surface area contributed by atoms with E-state index in [1.807, 2.05) is 0 Å². The minimum atomic E-state index is -0.505. The van der Waals surface area contributed by atoms with Crippen LogP contribution < -0.4 is 5.32 Å². The van der Waals surface area contributed by atoms with Gasteiger partial charge < -0.3 is 5.32 Å². The molecule has 116 valence electrons. The Kier molecular flexibility index (Phi) is 4.29. The number of hydrogen-bond acceptors (Lipinski definition) is 4. The predicted molar refractivity (Wildman–Crippen MR) is 82.9 cm³/mol. The molecule has 0 fully saturated rings. The van der Waals surface area contributed by atoms with E-state index in [4.69, 9.17) is 11.6 Å². The molecule has 3 aromatic rings. The van der Waals surface area contributed by atoms with E-state index >= 15 is 0 Å². The molecular weight excluding hydrogens is 321 g/mol. The summed E-state index contributed by atoms with van der Waals surface area (Å²) >= 11 is 5.92. The first-order chi connectivity index (χ1) is 11.1. The number of nitrogens with zero attached hydrogens (tertiary/aromatic N) is 4. The van der Waals surface area contributed by atoms with Gasteiger partial charge in [-0.25, -0.2) is 9.07 Å². The lowest BCUT2D eigenvalue weighted by Gasteiger charge is -2.08. The van der Waals surface area contributed by atoms with Crippen molar-refractivity contribution in [1.29, 1.82) is 0 Å². The summed E-state index contributed by atoms with van der Waals surface area (Å²) in [6.45, 7) is 0. The maximum absolute atomic E-state index is 13.7. The standard InChI is InChI=1S/C15H11ClFN5O/c16-13-5-2-6-14(17)12(13)8-15(23)19-10-3-1-4-11(7-10)22-9-18-20-21-22/h1-7,9H,8H2,(H,19,23). The van der Waals surface area contributed by atoms with Gasteiger partial charge in [-0.2, -0.15) is 0 Å². The maximum atomic E-state index is 13.7. The average molecular weight is 332 g/mol. The molecule has 0 radical (unpaired) electrons. The van der Waals surface area contributed by atoms with Gasteiger partial charge in [0.1, 0.15) is 12.1 Å². The fraction of sp³-hybridized carbons (Fsp3) is 0.0667. The zero-order valence-electron chi connectivity index (χ0n) is 11.8. The number of nitrogens with one attached hydrogen (secondary N) is 1. The second-order valence-corrected chi connectivity index (χ2v) is 5.14. The monoisotopic (exact) mass is 331 g/mol. The number of amides is 1. The van der Waals surface area contributed by atoms with Crippen molar-refractivity contribution in [3.05, 3.63) is 65.2 Å². The minimum absolute atomic E-state index is 0.152. The third-order valence-electron chi connectivity index (χ3n) is 3.14. The Morgan fingerprint density at radius 3 is 2.83 bits per heavy atom. The lowest BCUT2D eigenvalue weighted by molar-refractivity contribution is -0.115. The summed E-state index contributed by atoms with van der Waals surface area (Å²) in [5, 5.41) is 13.8. The number of anilines is 1. The van der Waals surface area contributed by atoms with Gasteiger partial charge in [0, 0.05) is 16.3 Å². The van der Waals surface area contributed by atoms with Crippen LogP contribution in [0, 0.1) is 5.82 Å². The molecule has 23 heavy (non-hydrogen) atoms. The van der Waals surface area contributed by atoms with Crippen molar-refractivity contribution in [2.75, 3.05) is 5.32 Å². The second kappa shape index (κ2) is 6.53. The van der Waals surface area contributed by atoms with Gasteiger partial charge in [-0.15, -0.1) is 5.10 Å². The predicted octanol–water partition coefficient (Wildman–Crippen LogP) is 2.64. The number of carbonyl (C=O) groups is 1. The molecule has 0 atom stereocenters. The van der Waals surface area contributed by atoms with E-state index < -0.39 is 5.82 Å². The van der Waals surface area contributed by atoms with E-state index in [1.165, 1.54) is 23.1 Å². The SMILES string of the molecule is O=C(Cc1c(F)cccc1Cl)Nc1cccc(-n2cnnn2)c1. The van der Waals surface area contributed by atoms with Crippen molar-refractivity contribution in [2.45, 2.75) is 6.42 Å². The molecule has 1 N–H and O–H groups in total. The summed E-state index contributed by atoms with van der Waals surface area (Å²) in [6.07, 6.45) is 1.29. The zero-order chi connectivity index (χ0) is 16.2. The van der Waals surface area contributed by atoms with Gasteiger partial charge in [0.2, 0.25) is 5.91 Å². The Balaban J connectivity index is 1.75. The molecule has 0 saturated carbocycles. The van der Waals surface area contributed by atoms with E-state index in [0.717, 1.165) is 0 Å². The number of tetrazole rings is 1. The van der Waals surface area contributed by atoms with E-state index in [0.29, 0.717) is 11.4 Å². The number of benzene rings is 2. The Bertz CT molecular complexity index is 817. The van der Waals surface area contributed by atoms with Gasteiger partial charge >= 0.3 is 0 Å². The van der Waals surface area contributed by atoms with E-state index in [-0.39, 0.29) is 22.9 Å². The first-order valence-electron chi connectivity index (χ1n) is 6.69. The second-order valence-electron chi connectivity index (χ2n) is 4.73. The van der Waals surface area contributed by atoms with Gasteiger partial charge in [0.25, 0.3) is 0 Å². The van der Waals surface area contributed by atoms with Crippen molar-refractivity contribution in [3.8, 4) is 5.69 Å². The van der Waals surface area contributed by atoms with Crippen LogP contribution in [0.2, 0.25) is 5.02 Å². The summed E-state index contributed by atoms with van der Waals surface area (Å²) in [5.74, 6) is -0.874. The number of rotatable bonds is 4. The van der Waals surface area contributed by atoms with Gasteiger partial charge in [-0.3, -0.25) is 4.79 Å². The summed E-state index contributed by atoms with van der Waals surface area (Å²) in [5.41, 5.74) is 1.41. The molecule has 1 heterocycles. The van der Waals surface area contributed by atoms with Gasteiger partial charge in [-0.05, 0) is 40.8 Å². The molecule has 0 bridgehead atoms. The molecule has 0 unspecified atom stereocenters. The molecule has 2 aromatic carbocycles. The average Bonchev–Trinajstić information content (AvgIpc) is 3.06. The largest absolute Gasteiger partial charge is 0.326 e. The summed E-state index contributed by atoms with van der Waals surface area (Å²) in [4.78, 5) is 12.1. The van der Waals surface area contributed by atoms with Crippen molar-refractivity contribution in [2.24, 2.45) is 0 Å². The lowest BCUT2D eigenvalue weighted by Crippen LogP contribution is -2.15. The molecule has 1 aromatic heterocycles. The topological polar surface area (TPSA) is 72.7 Å². The van der Waals surface area contributed by atoms with Crippen LogP contribution in [-0.2, 0) is 11.2 Å². The molecular formula is C15H11ClFN5O. The van der Waals surface area contributed by atoms with Crippen LogP contribution in [0.3, 0.4) is 0 Å². The van der Waals surface area contributed by atoms with Gasteiger partial charge in [0.05, 0.1) is 12.1 Å². The van der Waals surface area contributed by atoms with Crippen LogP contribution in [0.25, 0.3) is 5.69 Å². The van der Waals surface area contributed by atoms with Crippen molar-refractivity contribution in [1.82, 2.24) is 20.2 Å². The van der Waals surface area contributed by atoms with Crippen LogP contribution >= 0.6 is 11.6 Å². The van der Waals surface area contributed by atoms with E-state index in [1.54, 1.807) is 30.3 Å². The third kappa shape index (κ3) is 3.51. The molecule has 8 heteroatoms. The van der Waals surface area contributed by atoms with E-state index in [2.05, 4.69) is 20.8 Å². The van der Waals surface area contributed by atoms with Crippen LogP contribution in [0.15, 0.2) is 48.8 Å². The summed E-state index contributed by atoms with van der Waals surface area (Å²) < 4.78 is 15.2. The molecule has 0 spiro atoms. The molecule has 3 rings (SSSR count). The van der Waals surface area contributed by atoms with Gasteiger partial charge in [-0.1, -0.05) is 23.7 Å². The van der Waals surface area contributed by atoms with E-state index in [9.17, 15) is 9.18 Å². The van der Waals surface area contributed by atoms with Crippen molar-refractivity contribution < 1.29 is 9.18 Å². The normalized spacial score (nSPS) is 10.5. The Morgan fingerprint density at radius 1 is 1.26 bits per heavy atom. The number of hydrogen-bond donors (Lipinski definition) is 1. The van der Waals surface area contributed by atoms with Crippen LogP contribution in [0.4, 0.5) is 10.1 Å². The Labute approximate surface area is 135 Å². The van der Waals surface area contributed by atoms with Crippen molar-refractivity contribution in [3.63, 3.8) is 0 Å². The highest BCUT2D eigenvalue weighted by Crippen LogP contribution is 2.20. The van der Waals surface area contributed by atoms with Gasteiger partial charge in [0.15, 0.2) is 0 Å². The fourth-order valence-corrected chi connectivity index (χ4v) is 2.30. The van der Waals surface area contributed by atoms with Crippen LogP contribution in [0.1, 0.15) is 5.56 Å². The Hall–Kier alpha value is -2.80. The smallest absolute Gasteiger partial charge is 0.228 e. The first-order valence-corrected chi connectivity index (χ1v) is 7.07. The minimum Gasteiger partial charge on any atom is -0.326 e. The van der Waals surface area contributed by atoms with Crippen LogP contribution in [-0.4, -0.2) is 26.1 Å². The highest BCUT2D eigenvalue weighted by atomic mass is 35.5. The number of carbonyl (C=O) groups excluding carboxylic acids is 1. The molecule has 0 aliphatic heterocycles. The lowest BCUT2D eigenvalue weighted by atomic mass is 10.1. The Morgan fingerprint density at radius 2 is 2.09 bits per heavy atom. The quantitative estimate of drug-likeness (QED) is 0.797. The van der Waals surface area contributed by atoms with Crippen LogP contribution in [0.5, 0.6) is 0 Å². The highest BCUT2D eigenvalue weighted by molar-refractivity contribution is 6.31. The number of halogens is 2. The fourth-order valence-electron chi connectivity index (χ4n) is 2.07. The maximum Gasteiger partial charge on any atom is 0.228 e. The summed E-state index contributed by atoms with van der Waals surface area (Å²) in [7, 11) is 0. The molecule has 0 aliphatic rings. The summed E-state index contributed by atoms with van der Waals surface area (Å²) in [6, 6.07) is 11.3. The first kappa shape index (κ1) is 15.1. The highest BCUT2D eigenvalue weighted by Gasteiger charge is 2.12. The molecule has 0 aliphatic carbocycles. The third-order valence-corrected chi connectivity index (χ3v) is 3.50. The van der Waals surface area contributed by atoms with Crippen molar-refractivity contribution >= 4 is 23.2 Å². The zero-order valence-corrected chi connectivity index (χ0v) is 12.5. The molecule has 1 amide bonds. The molecule has 0 saturated heterocycles. The molecule has 6 nitrogen and oxygen atoms in total. The number of aromatic nitrogens is 4.